The molecule has 1 atom stereocenters. The second-order valence-corrected chi connectivity index (χ2v) is 7.61. The Labute approximate surface area is 146 Å². The van der Waals surface area contributed by atoms with Crippen LogP contribution in [0.1, 0.15) is 45.3 Å². The van der Waals surface area contributed by atoms with Crippen molar-refractivity contribution in [2.24, 2.45) is 5.92 Å². The molecule has 132 valence electrons. The highest BCUT2D eigenvalue weighted by molar-refractivity contribution is 7.09. The molecule has 0 aromatic carbocycles. The topological polar surface area (TPSA) is 101 Å². The van der Waals surface area contributed by atoms with Gasteiger partial charge in [0.05, 0.1) is 11.6 Å². The van der Waals surface area contributed by atoms with Crippen molar-refractivity contribution in [2.45, 2.75) is 52.7 Å². The maximum atomic E-state index is 12.2. The summed E-state index contributed by atoms with van der Waals surface area (Å²) in [6.45, 7) is 9.30. The fraction of sp³-hybridized carbons (Fsp3) is 0.625. The van der Waals surface area contributed by atoms with Crippen molar-refractivity contribution in [1.82, 2.24) is 10.3 Å². The first kappa shape index (κ1) is 19.9. The zero-order chi connectivity index (χ0) is 18.3. The number of carbonyl (C=O) groups is 2. The molecule has 0 fully saturated rings. The molecular weight excluding hydrogens is 330 g/mol. The Bertz CT molecular complexity index is 614. The zero-order valence-corrected chi connectivity index (χ0v) is 15.4. The molecule has 1 rings (SSSR count). The fourth-order valence-electron chi connectivity index (χ4n) is 1.62. The molecule has 1 heterocycles. The molecule has 0 aliphatic heterocycles. The van der Waals surface area contributed by atoms with Crippen molar-refractivity contribution in [2.75, 3.05) is 6.61 Å². The van der Waals surface area contributed by atoms with Crippen LogP contribution in [0.3, 0.4) is 0 Å². The highest BCUT2D eigenvalue weighted by Crippen LogP contribution is 2.13. The van der Waals surface area contributed by atoms with E-state index >= 15 is 0 Å². The summed E-state index contributed by atoms with van der Waals surface area (Å²) in [4.78, 5) is 28.3. The monoisotopic (exact) mass is 353 g/mol. The Balaban J connectivity index is 2.80. The third-order valence-corrected chi connectivity index (χ3v) is 3.45. The van der Waals surface area contributed by atoms with Gasteiger partial charge in [-0.05, 0) is 26.7 Å². The van der Waals surface area contributed by atoms with E-state index in [9.17, 15) is 9.59 Å². The van der Waals surface area contributed by atoms with E-state index in [1.54, 1.807) is 26.2 Å². The number of esters is 1. The molecule has 1 aromatic heterocycles. The Hall–Kier alpha value is -2.14. The first-order valence-electron chi connectivity index (χ1n) is 7.61. The smallest absolute Gasteiger partial charge is 0.408 e. The van der Waals surface area contributed by atoms with Gasteiger partial charge >= 0.3 is 12.1 Å². The number of hydrogen-bond acceptors (Lipinski definition) is 7. The van der Waals surface area contributed by atoms with Gasteiger partial charge in [0.15, 0.2) is 5.69 Å². The number of ether oxygens (including phenoxy) is 2. The van der Waals surface area contributed by atoms with Gasteiger partial charge in [-0.15, -0.1) is 11.3 Å². The molecule has 1 N–H and O–H groups in total. The number of nitrogens with one attached hydrogen (secondary N) is 1. The highest BCUT2D eigenvalue weighted by Gasteiger charge is 2.27. The van der Waals surface area contributed by atoms with Crippen molar-refractivity contribution in [3.63, 3.8) is 0 Å². The van der Waals surface area contributed by atoms with Gasteiger partial charge in [0.1, 0.15) is 17.7 Å². The number of rotatable bonds is 6. The van der Waals surface area contributed by atoms with Gasteiger partial charge in [-0.1, -0.05) is 13.8 Å². The number of thiazole rings is 1. The molecule has 0 radical (unpaired) electrons. The van der Waals surface area contributed by atoms with Crippen molar-refractivity contribution in [3.05, 3.63) is 16.1 Å². The van der Waals surface area contributed by atoms with Gasteiger partial charge in [0.25, 0.3) is 0 Å². The Kier molecular flexibility index (Phi) is 7.17. The van der Waals surface area contributed by atoms with Crippen LogP contribution in [-0.4, -0.2) is 35.3 Å². The molecule has 0 aliphatic carbocycles. The summed E-state index contributed by atoms with van der Waals surface area (Å²) in [6, 6.07) is 1.01. The van der Waals surface area contributed by atoms with E-state index in [0.717, 1.165) is 0 Å². The summed E-state index contributed by atoms with van der Waals surface area (Å²) in [5.41, 5.74) is -0.396. The third kappa shape index (κ3) is 7.42. The molecular formula is C16H23N3O4S. The van der Waals surface area contributed by atoms with Crippen LogP contribution in [0.15, 0.2) is 5.38 Å². The van der Waals surface area contributed by atoms with Gasteiger partial charge in [-0.3, -0.25) is 0 Å². The summed E-state index contributed by atoms with van der Waals surface area (Å²) >= 11 is 1.25. The van der Waals surface area contributed by atoms with E-state index in [-0.39, 0.29) is 24.6 Å². The number of nitrogens with zero attached hydrogens (tertiary/aromatic N) is 2. The summed E-state index contributed by atoms with van der Waals surface area (Å²) in [5, 5.41) is 13.5. The maximum Gasteiger partial charge on any atom is 0.408 e. The number of carbonyl (C=O) groups excluding carboxylic acids is 2. The first-order valence-corrected chi connectivity index (χ1v) is 8.49. The van der Waals surface area contributed by atoms with Crippen LogP contribution in [-0.2, 0) is 20.7 Å². The molecule has 0 saturated carbocycles. The van der Waals surface area contributed by atoms with Crippen molar-refractivity contribution in [1.29, 1.82) is 5.26 Å². The number of aromatic nitrogens is 1. The SMILES string of the molecule is CC(C)COC(=O)[C@H](Cc1nc(C#N)cs1)NC(=O)OC(C)(C)C. The van der Waals surface area contributed by atoms with Crippen molar-refractivity contribution < 1.29 is 19.1 Å². The average Bonchev–Trinajstić information content (AvgIpc) is 2.89. The van der Waals surface area contributed by atoms with E-state index in [1.165, 1.54) is 11.3 Å². The van der Waals surface area contributed by atoms with Gasteiger partial charge in [0.2, 0.25) is 0 Å². The third-order valence-electron chi connectivity index (χ3n) is 2.58. The number of hydrogen-bond donors (Lipinski definition) is 1. The van der Waals surface area contributed by atoms with Gasteiger partial charge in [-0.25, -0.2) is 14.6 Å². The Morgan fingerprint density at radius 3 is 2.58 bits per heavy atom. The molecule has 0 spiro atoms. The summed E-state index contributed by atoms with van der Waals surface area (Å²) < 4.78 is 10.4. The lowest BCUT2D eigenvalue weighted by Gasteiger charge is -2.22. The van der Waals surface area contributed by atoms with Gasteiger partial charge in [-0.2, -0.15) is 5.26 Å². The van der Waals surface area contributed by atoms with E-state index in [1.807, 2.05) is 19.9 Å². The minimum atomic E-state index is -0.920. The Morgan fingerprint density at radius 1 is 1.42 bits per heavy atom. The van der Waals surface area contributed by atoms with Crippen LogP contribution in [0.5, 0.6) is 0 Å². The van der Waals surface area contributed by atoms with E-state index < -0.39 is 23.7 Å². The zero-order valence-electron chi connectivity index (χ0n) is 14.6. The molecule has 0 saturated heterocycles. The van der Waals surface area contributed by atoms with E-state index in [4.69, 9.17) is 14.7 Å². The highest BCUT2D eigenvalue weighted by atomic mass is 32.1. The molecule has 7 nitrogen and oxygen atoms in total. The maximum absolute atomic E-state index is 12.2. The molecule has 0 aliphatic rings. The molecule has 24 heavy (non-hydrogen) atoms. The minimum absolute atomic E-state index is 0.141. The second-order valence-electron chi connectivity index (χ2n) is 6.67. The predicted octanol–water partition coefficient (Wildman–Crippen LogP) is 2.65. The lowest BCUT2D eigenvalue weighted by atomic mass is 10.2. The van der Waals surface area contributed by atoms with Crippen LogP contribution < -0.4 is 5.32 Å². The predicted molar refractivity (Wildman–Crippen MR) is 89.5 cm³/mol. The molecule has 0 bridgehead atoms. The molecule has 8 heteroatoms. The largest absolute Gasteiger partial charge is 0.464 e. The summed E-state index contributed by atoms with van der Waals surface area (Å²) in [6.07, 6.45) is -0.561. The van der Waals surface area contributed by atoms with Crippen LogP contribution in [0.4, 0.5) is 4.79 Å². The Morgan fingerprint density at radius 2 is 2.08 bits per heavy atom. The quantitative estimate of drug-likeness (QED) is 0.789. The van der Waals surface area contributed by atoms with Gasteiger partial charge in [0, 0.05) is 11.8 Å². The van der Waals surface area contributed by atoms with Crippen LogP contribution in [0.25, 0.3) is 0 Å². The van der Waals surface area contributed by atoms with Gasteiger partial charge < -0.3 is 14.8 Å². The summed E-state index contributed by atoms with van der Waals surface area (Å²) in [5.74, 6) is -0.371. The molecule has 1 amide bonds. The van der Waals surface area contributed by atoms with Crippen molar-refractivity contribution in [3.8, 4) is 6.07 Å². The lowest BCUT2D eigenvalue weighted by Crippen LogP contribution is -2.45. The number of alkyl carbamates (subject to hydrolysis) is 1. The van der Waals surface area contributed by atoms with E-state index in [2.05, 4.69) is 10.3 Å². The minimum Gasteiger partial charge on any atom is -0.464 e. The average molecular weight is 353 g/mol. The van der Waals surface area contributed by atoms with Crippen LogP contribution >= 0.6 is 11.3 Å². The molecule has 1 aromatic rings. The number of amides is 1. The van der Waals surface area contributed by atoms with Crippen molar-refractivity contribution >= 4 is 23.4 Å². The van der Waals surface area contributed by atoms with E-state index in [0.29, 0.717) is 5.01 Å². The van der Waals surface area contributed by atoms with Crippen LogP contribution in [0.2, 0.25) is 0 Å². The van der Waals surface area contributed by atoms with Crippen LogP contribution in [0, 0.1) is 17.2 Å². The first-order chi connectivity index (χ1) is 11.1. The lowest BCUT2D eigenvalue weighted by molar-refractivity contribution is -0.147. The second kappa shape index (κ2) is 8.64. The fourth-order valence-corrected chi connectivity index (χ4v) is 2.39. The molecule has 0 unspecified atom stereocenters. The normalized spacial score (nSPS) is 12.4. The summed E-state index contributed by atoms with van der Waals surface area (Å²) in [7, 11) is 0. The standard InChI is InChI=1S/C16H23N3O4S/c1-10(2)8-22-14(20)12(19-15(21)23-16(3,4)5)6-13-18-11(7-17)9-24-13/h9-10,12H,6,8H2,1-5H3,(H,19,21)/t12-/m0/s1. The number of nitriles is 1.